The highest BCUT2D eigenvalue weighted by Gasteiger charge is 2.12. The fourth-order valence-corrected chi connectivity index (χ4v) is 1.68. The molecule has 94 valence electrons. The summed E-state index contributed by atoms with van der Waals surface area (Å²) < 4.78 is 5.25. The molecule has 18 heavy (non-hydrogen) atoms. The van der Waals surface area contributed by atoms with Gasteiger partial charge in [0.15, 0.2) is 0 Å². The van der Waals surface area contributed by atoms with Crippen molar-refractivity contribution in [3.63, 3.8) is 0 Å². The van der Waals surface area contributed by atoms with Crippen molar-refractivity contribution in [2.24, 2.45) is 0 Å². The zero-order chi connectivity index (χ0) is 13.1. The Labute approximate surface area is 104 Å². The Morgan fingerprint density at radius 1 is 1.44 bits per heavy atom. The number of nitrogens with two attached hydrogens (primary N) is 1. The molecule has 2 aromatic rings. The maximum Gasteiger partial charge on any atom is 0.273 e. The topological polar surface area (TPSA) is 94.3 Å². The normalized spacial score (nSPS) is 12.1. The molecule has 3 N–H and O–H groups in total. The van der Waals surface area contributed by atoms with Crippen molar-refractivity contribution in [1.82, 2.24) is 0 Å². The largest absolute Gasteiger partial charge is 0.467 e. The van der Waals surface area contributed by atoms with E-state index in [-0.39, 0.29) is 11.7 Å². The first-order valence-electron chi connectivity index (χ1n) is 5.41. The summed E-state index contributed by atoms with van der Waals surface area (Å²) in [7, 11) is 0. The fraction of sp³-hybridized carbons (Fsp3) is 0.167. The number of furan rings is 1. The monoisotopic (exact) mass is 247 g/mol. The number of nitro benzene ring substituents is 1. The van der Waals surface area contributed by atoms with Crippen molar-refractivity contribution in [3.8, 4) is 0 Å². The Bertz CT molecular complexity index is 552. The smallest absolute Gasteiger partial charge is 0.273 e. The van der Waals surface area contributed by atoms with E-state index in [1.807, 2.05) is 13.0 Å². The molecule has 1 aromatic heterocycles. The standard InChI is InChI=1S/C12H13N3O3/c1-8(12-3-2-4-18-12)14-10-5-9(13)6-11(7-10)15(16)17/h2-8,14H,13H2,1H3. The third kappa shape index (κ3) is 2.60. The van der Waals surface area contributed by atoms with Crippen LogP contribution in [0.4, 0.5) is 17.1 Å². The van der Waals surface area contributed by atoms with Gasteiger partial charge in [-0.1, -0.05) is 0 Å². The van der Waals surface area contributed by atoms with Crippen LogP contribution in [0.5, 0.6) is 0 Å². The lowest BCUT2D eigenvalue weighted by molar-refractivity contribution is -0.384. The lowest BCUT2D eigenvalue weighted by Gasteiger charge is -2.13. The highest BCUT2D eigenvalue weighted by Crippen LogP contribution is 2.26. The summed E-state index contributed by atoms with van der Waals surface area (Å²) in [5.74, 6) is 0.750. The van der Waals surface area contributed by atoms with Crippen LogP contribution in [0, 0.1) is 10.1 Å². The zero-order valence-electron chi connectivity index (χ0n) is 9.79. The van der Waals surface area contributed by atoms with E-state index in [9.17, 15) is 10.1 Å². The second kappa shape index (κ2) is 4.79. The van der Waals surface area contributed by atoms with Gasteiger partial charge in [0.05, 0.1) is 17.2 Å². The average molecular weight is 247 g/mol. The number of nitrogen functional groups attached to an aromatic ring is 1. The first-order valence-corrected chi connectivity index (χ1v) is 5.41. The Morgan fingerprint density at radius 3 is 2.83 bits per heavy atom. The molecule has 0 bridgehead atoms. The number of rotatable bonds is 4. The molecular formula is C12H13N3O3. The average Bonchev–Trinajstić information content (AvgIpc) is 2.81. The van der Waals surface area contributed by atoms with E-state index < -0.39 is 4.92 Å². The van der Waals surface area contributed by atoms with E-state index in [4.69, 9.17) is 10.2 Å². The van der Waals surface area contributed by atoms with Gasteiger partial charge in [-0.15, -0.1) is 0 Å². The third-order valence-corrected chi connectivity index (χ3v) is 2.50. The second-order valence-electron chi connectivity index (χ2n) is 3.95. The van der Waals surface area contributed by atoms with E-state index in [0.717, 1.165) is 5.76 Å². The van der Waals surface area contributed by atoms with Gasteiger partial charge in [-0.05, 0) is 25.1 Å². The number of anilines is 2. The molecule has 6 nitrogen and oxygen atoms in total. The minimum atomic E-state index is -0.473. The van der Waals surface area contributed by atoms with E-state index in [1.54, 1.807) is 18.4 Å². The van der Waals surface area contributed by atoms with E-state index >= 15 is 0 Å². The summed E-state index contributed by atoms with van der Waals surface area (Å²) in [6.07, 6.45) is 1.58. The molecule has 1 aromatic carbocycles. The Hall–Kier alpha value is -2.50. The summed E-state index contributed by atoms with van der Waals surface area (Å²) in [5, 5.41) is 13.8. The van der Waals surface area contributed by atoms with Gasteiger partial charge in [-0.25, -0.2) is 0 Å². The molecule has 1 atom stereocenters. The maximum atomic E-state index is 10.7. The van der Waals surface area contributed by atoms with Gasteiger partial charge in [-0.3, -0.25) is 10.1 Å². The van der Waals surface area contributed by atoms with Crippen molar-refractivity contribution >= 4 is 17.1 Å². The summed E-state index contributed by atoms with van der Waals surface area (Å²) in [6.45, 7) is 1.90. The number of benzene rings is 1. The van der Waals surface area contributed by atoms with Crippen LogP contribution in [0.25, 0.3) is 0 Å². The van der Waals surface area contributed by atoms with Crippen LogP contribution in [-0.4, -0.2) is 4.92 Å². The lowest BCUT2D eigenvalue weighted by Crippen LogP contribution is -2.06. The second-order valence-corrected chi connectivity index (χ2v) is 3.95. The molecule has 0 saturated heterocycles. The van der Waals surface area contributed by atoms with Crippen LogP contribution in [0.15, 0.2) is 41.0 Å². The molecule has 0 aliphatic carbocycles. The highest BCUT2D eigenvalue weighted by atomic mass is 16.6. The van der Waals surface area contributed by atoms with Crippen molar-refractivity contribution < 1.29 is 9.34 Å². The number of nitrogens with zero attached hydrogens (tertiary/aromatic N) is 1. The van der Waals surface area contributed by atoms with Crippen LogP contribution in [-0.2, 0) is 0 Å². The van der Waals surface area contributed by atoms with Crippen molar-refractivity contribution in [2.45, 2.75) is 13.0 Å². The Kier molecular flexibility index (Phi) is 3.18. The minimum absolute atomic E-state index is 0.0378. The predicted octanol–water partition coefficient (Wildman–Crippen LogP) is 2.94. The van der Waals surface area contributed by atoms with Crippen LogP contribution in [0.3, 0.4) is 0 Å². The zero-order valence-corrected chi connectivity index (χ0v) is 9.79. The van der Waals surface area contributed by atoms with Gasteiger partial charge in [0.25, 0.3) is 5.69 Å². The molecule has 0 fully saturated rings. The van der Waals surface area contributed by atoms with Gasteiger partial charge in [-0.2, -0.15) is 0 Å². The predicted molar refractivity (Wildman–Crippen MR) is 68.3 cm³/mol. The molecular weight excluding hydrogens is 234 g/mol. The highest BCUT2D eigenvalue weighted by molar-refractivity contribution is 5.61. The van der Waals surface area contributed by atoms with Crippen LogP contribution in [0.2, 0.25) is 0 Å². The Balaban J connectivity index is 2.21. The molecule has 2 rings (SSSR count). The molecule has 6 heteroatoms. The number of nitro groups is 1. The van der Waals surface area contributed by atoms with Gasteiger partial charge in [0.2, 0.25) is 0 Å². The third-order valence-electron chi connectivity index (χ3n) is 2.50. The van der Waals surface area contributed by atoms with Gasteiger partial charge >= 0.3 is 0 Å². The van der Waals surface area contributed by atoms with Crippen molar-refractivity contribution in [2.75, 3.05) is 11.1 Å². The summed E-state index contributed by atoms with van der Waals surface area (Å²) in [5.41, 5.74) is 6.52. The molecule has 0 aliphatic rings. The fourth-order valence-electron chi connectivity index (χ4n) is 1.68. The van der Waals surface area contributed by atoms with Gasteiger partial charge in [0, 0.05) is 23.5 Å². The number of nitrogens with one attached hydrogen (secondary N) is 1. The quantitative estimate of drug-likeness (QED) is 0.492. The summed E-state index contributed by atoms with van der Waals surface area (Å²) >= 11 is 0. The molecule has 1 heterocycles. The van der Waals surface area contributed by atoms with E-state index in [1.165, 1.54) is 12.1 Å². The van der Waals surface area contributed by atoms with Gasteiger partial charge in [0.1, 0.15) is 5.76 Å². The molecule has 0 amide bonds. The van der Waals surface area contributed by atoms with E-state index in [0.29, 0.717) is 11.4 Å². The number of hydrogen-bond donors (Lipinski definition) is 2. The van der Waals surface area contributed by atoms with Crippen LogP contribution in [0.1, 0.15) is 18.7 Å². The van der Waals surface area contributed by atoms with Crippen LogP contribution < -0.4 is 11.1 Å². The first-order chi connectivity index (χ1) is 8.56. The molecule has 1 unspecified atom stereocenters. The minimum Gasteiger partial charge on any atom is -0.467 e. The Morgan fingerprint density at radius 2 is 2.22 bits per heavy atom. The number of hydrogen-bond acceptors (Lipinski definition) is 5. The van der Waals surface area contributed by atoms with E-state index in [2.05, 4.69) is 5.32 Å². The SMILES string of the molecule is CC(Nc1cc(N)cc([N+](=O)[O-])c1)c1ccco1. The maximum absolute atomic E-state index is 10.7. The lowest BCUT2D eigenvalue weighted by atomic mass is 10.2. The van der Waals surface area contributed by atoms with Crippen molar-refractivity contribution in [1.29, 1.82) is 0 Å². The molecule has 0 saturated carbocycles. The van der Waals surface area contributed by atoms with Crippen molar-refractivity contribution in [3.05, 3.63) is 52.5 Å². The summed E-state index contributed by atoms with van der Waals surface area (Å²) in [6, 6.07) is 7.93. The molecule has 0 spiro atoms. The van der Waals surface area contributed by atoms with Gasteiger partial charge < -0.3 is 15.5 Å². The number of non-ortho nitro benzene ring substituents is 1. The first kappa shape index (κ1) is 12.0. The summed E-state index contributed by atoms with van der Waals surface area (Å²) in [4.78, 5) is 10.3. The molecule has 0 aliphatic heterocycles. The molecule has 0 radical (unpaired) electrons. The van der Waals surface area contributed by atoms with Crippen LogP contribution >= 0.6 is 0 Å².